The molecule has 7 nitrogen and oxygen atoms in total. The molecule has 2 rings (SSSR count). The summed E-state index contributed by atoms with van der Waals surface area (Å²) in [5.74, 6) is -0.344. The van der Waals surface area contributed by atoms with Crippen LogP contribution in [0.15, 0.2) is 35.9 Å². The summed E-state index contributed by atoms with van der Waals surface area (Å²) in [6, 6.07) is 3.37. The third-order valence-corrected chi connectivity index (χ3v) is 3.14. The number of methoxy groups -OCH3 is 1. The van der Waals surface area contributed by atoms with E-state index in [0.717, 1.165) is 0 Å². The Kier molecular flexibility index (Phi) is 10.5. The Balaban J connectivity index is 0.00000102. The highest BCUT2D eigenvalue weighted by atomic mass is 32.2. The molecule has 2 heterocycles. The molecular weight excluding hydrogens is 304 g/mol. The number of rotatable bonds is 4. The predicted molar refractivity (Wildman–Crippen MR) is 85.1 cm³/mol. The van der Waals surface area contributed by atoms with Crippen LogP contribution in [0.2, 0.25) is 0 Å². The van der Waals surface area contributed by atoms with E-state index in [-0.39, 0.29) is 10.9 Å². The summed E-state index contributed by atoms with van der Waals surface area (Å²) in [4.78, 5) is 19.0. The summed E-state index contributed by atoms with van der Waals surface area (Å²) in [6.45, 7) is 8.00. The monoisotopic (exact) mass is 326 g/mol. The maximum atomic E-state index is 11.8. The van der Waals surface area contributed by atoms with Crippen molar-refractivity contribution in [2.24, 2.45) is 0 Å². The second kappa shape index (κ2) is 11.6. The van der Waals surface area contributed by atoms with Crippen LogP contribution < -0.4 is 0 Å². The SMILES string of the molecule is CC.CC.COC(=O)CS(=O)c1nccc(-n2cccn2)n1. The average molecular weight is 326 g/mol. The van der Waals surface area contributed by atoms with Gasteiger partial charge in [-0.1, -0.05) is 27.7 Å². The number of hydrogen-bond donors (Lipinski definition) is 0. The Hall–Kier alpha value is -2.09. The zero-order valence-electron chi connectivity index (χ0n) is 13.5. The van der Waals surface area contributed by atoms with E-state index in [2.05, 4.69) is 19.8 Å². The number of nitrogens with zero attached hydrogens (tertiary/aromatic N) is 4. The van der Waals surface area contributed by atoms with Crippen LogP contribution in [0.5, 0.6) is 0 Å². The van der Waals surface area contributed by atoms with Crippen LogP contribution in [0.3, 0.4) is 0 Å². The Morgan fingerprint density at radius 1 is 1.27 bits per heavy atom. The molecule has 122 valence electrons. The van der Waals surface area contributed by atoms with E-state index in [1.54, 1.807) is 24.5 Å². The highest BCUT2D eigenvalue weighted by molar-refractivity contribution is 7.85. The van der Waals surface area contributed by atoms with E-state index in [9.17, 15) is 9.00 Å². The van der Waals surface area contributed by atoms with Gasteiger partial charge in [-0.25, -0.2) is 14.6 Å². The van der Waals surface area contributed by atoms with Gasteiger partial charge in [-0.15, -0.1) is 0 Å². The van der Waals surface area contributed by atoms with Crippen molar-refractivity contribution < 1.29 is 13.7 Å². The smallest absolute Gasteiger partial charge is 0.318 e. The van der Waals surface area contributed by atoms with E-state index in [4.69, 9.17) is 0 Å². The molecule has 2 aromatic heterocycles. The molecule has 0 fully saturated rings. The molecule has 0 bridgehead atoms. The number of hydrogen-bond acceptors (Lipinski definition) is 6. The van der Waals surface area contributed by atoms with Gasteiger partial charge in [0, 0.05) is 24.7 Å². The lowest BCUT2D eigenvalue weighted by molar-refractivity contribution is -0.137. The molecule has 1 unspecified atom stereocenters. The molecule has 0 amide bonds. The second-order valence-electron chi connectivity index (χ2n) is 3.21. The molecule has 8 heteroatoms. The quantitative estimate of drug-likeness (QED) is 0.631. The first-order valence-corrected chi connectivity index (χ1v) is 8.31. The van der Waals surface area contributed by atoms with Gasteiger partial charge < -0.3 is 4.74 Å². The Morgan fingerprint density at radius 3 is 2.50 bits per heavy atom. The van der Waals surface area contributed by atoms with Crippen LogP contribution in [0.1, 0.15) is 27.7 Å². The maximum absolute atomic E-state index is 11.8. The average Bonchev–Trinajstić information content (AvgIpc) is 3.13. The van der Waals surface area contributed by atoms with E-state index in [0.29, 0.717) is 5.82 Å². The zero-order valence-corrected chi connectivity index (χ0v) is 14.3. The highest BCUT2D eigenvalue weighted by Gasteiger charge is 2.14. The zero-order chi connectivity index (χ0) is 17.0. The standard InChI is InChI=1S/C10H10N4O3S.2C2H6/c1-17-9(15)7-18(16)10-11-5-3-8(13-10)14-6-2-4-12-14;2*1-2/h2-6H,7H2,1H3;2*1-2H3. The van der Waals surface area contributed by atoms with Crippen LogP contribution in [0.4, 0.5) is 0 Å². The van der Waals surface area contributed by atoms with Gasteiger partial charge in [0.2, 0.25) is 5.16 Å². The van der Waals surface area contributed by atoms with Gasteiger partial charge in [0.1, 0.15) is 16.6 Å². The van der Waals surface area contributed by atoms with Crippen LogP contribution in [0, 0.1) is 0 Å². The first kappa shape index (κ1) is 19.9. The molecule has 0 N–H and O–H groups in total. The third-order valence-electron chi connectivity index (χ3n) is 2.04. The molecular formula is C14H22N4O3S. The van der Waals surface area contributed by atoms with Crippen molar-refractivity contribution >= 4 is 16.8 Å². The van der Waals surface area contributed by atoms with Gasteiger partial charge in [0.25, 0.3) is 0 Å². The number of esters is 1. The van der Waals surface area contributed by atoms with Crippen molar-refractivity contribution in [3.8, 4) is 5.82 Å². The van der Waals surface area contributed by atoms with Gasteiger partial charge in [0.05, 0.1) is 7.11 Å². The Morgan fingerprint density at radius 2 is 1.95 bits per heavy atom. The summed E-state index contributed by atoms with van der Waals surface area (Å²) in [6.07, 6.45) is 4.77. The lowest BCUT2D eigenvalue weighted by Gasteiger charge is -2.03. The first-order chi connectivity index (χ1) is 10.7. The Labute approximate surface area is 133 Å². The molecule has 0 aliphatic rings. The molecule has 0 spiro atoms. The first-order valence-electron chi connectivity index (χ1n) is 6.99. The largest absolute Gasteiger partial charge is 0.468 e. The topological polar surface area (TPSA) is 87.0 Å². The van der Waals surface area contributed by atoms with Crippen molar-refractivity contribution in [3.05, 3.63) is 30.7 Å². The summed E-state index contributed by atoms with van der Waals surface area (Å²) in [5.41, 5.74) is 0. The lowest BCUT2D eigenvalue weighted by atomic mass is 10.6. The van der Waals surface area contributed by atoms with E-state index in [1.165, 1.54) is 18.0 Å². The molecule has 0 aromatic carbocycles. The van der Waals surface area contributed by atoms with Gasteiger partial charge in [-0.2, -0.15) is 5.10 Å². The minimum Gasteiger partial charge on any atom is -0.468 e. The summed E-state index contributed by atoms with van der Waals surface area (Å²) >= 11 is 0. The Bertz CT molecular complexity index is 573. The fourth-order valence-electron chi connectivity index (χ4n) is 1.20. The number of carbonyl (C=O) groups excluding carboxylic acids is 1. The molecule has 1 atom stereocenters. The molecule has 0 saturated heterocycles. The summed E-state index contributed by atoms with van der Waals surface area (Å²) in [7, 11) is -0.386. The number of ether oxygens (including phenoxy) is 1. The molecule has 0 aliphatic heterocycles. The van der Waals surface area contributed by atoms with Crippen LogP contribution >= 0.6 is 0 Å². The van der Waals surface area contributed by atoms with Crippen molar-refractivity contribution in [3.63, 3.8) is 0 Å². The second-order valence-corrected chi connectivity index (χ2v) is 4.56. The van der Waals surface area contributed by atoms with Gasteiger partial charge in [0.15, 0.2) is 5.82 Å². The van der Waals surface area contributed by atoms with E-state index < -0.39 is 16.8 Å². The van der Waals surface area contributed by atoms with Crippen LogP contribution in [-0.2, 0) is 20.3 Å². The van der Waals surface area contributed by atoms with Crippen LogP contribution in [0.25, 0.3) is 5.82 Å². The lowest BCUT2D eigenvalue weighted by Crippen LogP contribution is -2.14. The maximum Gasteiger partial charge on any atom is 0.318 e. The molecule has 22 heavy (non-hydrogen) atoms. The normalized spacial score (nSPS) is 10.4. The van der Waals surface area contributed by atoms with Crippen molar-refractivity contribution in [1.82, 2.24) is 19.7 Å². The fourth-order valence-corrected chi connectivity index (χ4v) is 2.04. The summed E-state index contributed by atoms with van der Waals surface area (Å²) in [5, 5.41) is 4.08. The molecule has 2 aromatic rings. The minimum absolute atomic E-state index is 0.0772. The fraction of sp³-hybridized carbons (Fsp3) is 0.429. The minimum atomic E-state index is -1.62. The molecule has 0 aliphatic carbocycles. The predicted octanol–water partition coefficient (Wildman–Crippen LogP) is 2.00. The van der Waals surface area contributed by atoms with Crippen molar-refractivity contribution in [1.29, 1.82) is 0 Å². The van der Waals surface area contributed by atoms with Gasteiger partial charge in [-0.3, -0.25) is 9.00 Å². The number of aromatic nitrogens is 4. The highest BCUT2D eigenvalue weighted by Crippen LogP contribution is 2.05. The van der Waals surface area contributed by atoms with Crippen LogP contribution in [-0.4, -0.2) is 42.8 Å². The third kappa shape index (κ3) is 6.13. The van der Waals surface area contributed by atoms with Gasteiger partial charge in [-0.05, 0) is 6.07 Å². The van der Waals surface area contributed by atoms with E-state index >= 15 is 0 Å². The number of carbonyl (C=O) groups is 1. The molecule has 0 saturated carbocycles. The van der Waals surface area contributed by atoms with Gasteiger partial charge >= 0.3 is 5.97 Å². The summed E-state index contributed by atoms with van der Waals surface area (Å²) < 4.78 is 17.7. The molecule has 0 radical (unpaired) electrons. The van der Waals surface area contributed by atoms with E-state index in [1.807, 2.05) is 27.7 Å². The van der Waals surface area contributed by atoms with Crippen molar-refractivity contribution in [2.75, 3.05) is 12.9 Å². The van der Waals surface area contributed by atoms with Crippen molar-refractivity contribution in [2.45, 2.75) is 32.9 Å².